The van der Waals surface area contributed by atoms with Crippen molar-refractivity contribution in [3.05, 3.63) is 136 Å². The van der Waals surface area contributed by atoms with Gasteiger partial charge in [-0.2, -0.15) is 22.0 Å². The van der Waals surface area contributed by atoms with Crippen molar-refractivity contribution in [2.24, 2.45) is 0 Å². The van der Waals surface area contributed by atoms with Crippen molar-refractivity contribution in [3.8, 4) is 5.75 Å². The number of alkyl halides is 6. The lowest BCUT2D eigenvalue weighted by atomic mass is 9.77. The summed E-state index contributed by atoms with van der Waals surface area (Å²) in [6, 6.07) is 17.6. The molecule has 0 aromatic heterocycles. The largest absolute Gasteiger partial charge is 0.469 e. The molecule has 1 unspecified atom stereocenters. The Labute approximate surface area is 305 Å². The molecule has 7 nitrogen and oxygen atoms in total. The van der Waals surface area contributed by atoms with Gasteiger partial charge in [0.05, 0.1) is 18.2 Å². The smallest absolute Gasteiger partial charge is 0.429 e. The molecule has 54 heavy (non-hydrogen) atoms. The van der Waals surface area contributed by atoms with Crippen LogP contribution in [0.3, 0.4) is 0 Å². The molecule has 0 aliphatic carbocycles. The summed E-state index contributed by atoms with van der Waals surface area (Å²) in [5.41, 5.74) is -3.91. The highest BCUT2D eigenvalue weighted by molar-refractivity contribution is 5.96. The number of carbonyl (C=O) groups is 3. The molecule has 4 aromatic carbocycles. The zero-order valence-electron chi connectivity index (χ0n) is 29.0. The zero-order chi connectivity index (χ0) is 39.7. The molecule has 0 bridgehead atoms. The fourth-order valence-electron chi connectivity index (χ4n) is 5.60. The Bertz CT molecular complexity index is 1920. The number of rotatable bonds is 16. The number of benzene rings is 4. The van der Waals surface area contributed by atoms with Crippen LogP contribution in [-0.4, -0.2) is 43.7 Å². The van der Waals surface area contributed by atoms with Crippen LogP contribution in [0.15, 0.2) is 91.0 Å². The van der Waals surface area contributed by atoms with Gasteiger partial charge in [0.25, 0.3) is 11.8 Å². The molecule has 0 aliphatic rings. The summed E-state index contributed by atoms with van der Waals surface area (Å²) in [6.45, 7) is 0.794. The van der Waals surface area contributed by atoms with E-state index in [1.807, 2.05) is 0 Å². The third kappa shape index (κ3) is 10.6. The number of ether oxygens (including phenoxy) is 2. The molecule has 2 N–H and O–H groups in total. The number of methoxy groups -OCH3 is 1. The highest BCUT2D eigenvalue weighted by Gasteiger charge is 2.42. The molecule has 0 fully saturated rings. The van der Waals surface area contributed by atoms with E-state index in [2.05, 4.69) is 20.1 Å². The molecule has 0 heterocycles. The van der Waals surface area contributed by atoms with Crippen LogP contribution in [0, 0.1) is 11.6 Å². The number of amides is 2. The minimum atomic E-state index is -5.17. The van der Waals surface area contributed by atoms with Crippen LogP contribution in [0.2, 0.25) is 0 Å². The number of esters is 1. The predicted molar refractivity (Wildman–Crippen MR) is 182 cm³/mol. The van der Waals surface area contributed by atoms with Crippen molar-refractivity contribution in [3.63, 3.8) is 0 Å². The van der Waals surface area contributed by atoms with Gasteiger partial charge in [-0.15, -0.1) is 0 Å². The Morgan fingerprint density at radius 1 is 0.759 bits per heavy atom. The molecule has 288 valence electrons. The van der Waals surface area contributed by atoms with E-state index >= 15 is 4.39 Å². The van der Waals surface area contributed by atoms with Crippen LogP contribution < -0.4 is 15.4 Å². The second-order valence-electron chi connectivity index (χ2n) is 12.4. The standard InChI is InChI=1S/C39H36F8N2O5/c1-24(40)39(46,47)54-31-21-29(20-30(41)22-31)37(23-25-9-5-3-6-10-25,49-36(52)27-14-17-33(42)32(19-27)38(43,44)45)28-15-12-26(13-16-28)35(51)48-18-8-4-7-11-34(50)53-2/h3,5-6,9-10,12-17,19-22,24H,4,7-8,11,18,23H2,1-2H3,(H,48,51)(H,49,52)/t24?,37-/m1/s1. The van der Waals surface area contributed by atoms with Crippen LogP contribution in [0.1, 0.15) is 75.6 Å². The number of unbranched alkanes of at least 4 members (excludes halogenated alkanes) is 2. The molecule has 2 amide bonds. The molecule has 0 saturated heterocycles. The maximum Gasteiger partial charge on any atom is 0.429 e. The molecule has 0 spiro atoms. The normalized spacial score (nSPS) is 13.4. The van der Waals surface area contributed by atoms with Crippen LogP contribution in [0.5, 0.6) is 5.75 Å². The van der Waals surface area contributed by atoms with Gasteiger partial charge in [0, 0.05) is 36.6 Å². The van der Waals surface area contributed by atoms with Crippen LogP contribution >= 0.6 is 0 Å². The number of nitrogens with one attached hydrogen (secondary N) is 2. The van der Waals surface area contributed by atoms with Gasteiger partial charge in [0.2, 0.25) is 6.17 Å². The summed E-state index contributed by atoms with van der Waals surface area (Å²) >= 11 is 0. The van der Waals surface area contributed by atoms with Crippen LogP contribution in [-0.2, 0) is 27.7 Å². The molecule has 4 aromatic rings. The van der Waals surface area contributed by atoms with E-state index in [0.29, 0.717) is 49.9 Å². The average molecular weight is 765 g/mol. The van der Waals surface area contributed by atoms with E-state index in [9.17, 15) is 45.1 Å². The van der Waals surface area contributed by atoms with Crippen molar-refractivity contribution in [1.82, 2.24) is 10.6 Å². The van der Waals surface area contributed by atoms with E-state index < -0.39 is 64.3 Å². The van der Waals surface area contributed by atoms with Crippen molar-refractivity contribution < 1.29 is 59.0 Å². The Balaban J connectivity index is 1.81. The molecule has 0 aliphatic heterocycles. The summed E-state index contributed by atoms with van der Waals surface area (Å²) in [7, 11) is 1.28. The number of halogens is 8. The molecular weight excluding hydrogens is 728 g/mol. The summed E-state index contributed by atoms with van der Waals surface area (Å²) in [4.78, 5) is 38.2. The highest BCUT2D eigenvalue weighted by Crippen LogP contribution is 2.39. The number of hydrogen-bond donors (Lipinski definition) is 2. The van der Waals surface area contributed by atoms with E-state index in [0.717, 1.165) is 18.2 Å². The first-order chi connectivity index (χ1) is 25.4. The SMILES string of the molecule is COC(=O)CCCCCNC(=O)c1ccc([C@@](Cc2ccccc2)(NC(=O)c2ccc(F)c(C(F)(F)F)c2)c2cc(F)cc(OC(F)(F)C(C)F)c2)cc1. The first kappa shape index (κ1) is 41.3. The third-order valence-electron chi connectivity index (χ3n) is 8.46. The molecule has 4 rings (SSSR count). The molecule has 0 saturated carbocycles. The average Bonchev–Trinajstić information content (AvgIpc) is 3.12. The minimum Gasteiger partial charge on any atom is -0.469 e. The third-order valence-corrected chi connectivity index (χ3v) is 8.46. The summed E-state index contributed by atoms with van der Waals surface area (Å²) in [6.07, 6.45) is -10.7. The predicted octanol–water partition coefficient (Wildman–Crippen LogP) is 8.69. The fraction of sp³-hybridized carbons (Fsp3) is 0.308. The van der Waals surface area contributed by atoms with Crippen LogP contribution in [0.25, 0.3) is 0 Å². The van der Waals surface area contributed by atoms with E-state index in [-0.39, 0.29) is 42.0 Å². The lowest BCUT2D eigenvalue weighted by Gasteiger charge is -2.37. The summed E-state index contributed by atoms with van der Waals surface area (Å²) in [5.74, 6) is -5.67. The monoisotopic (exact) mass is 764 g/mol. The van der Waals surface area contributed by atoms with Gasteiger partial charge in [-0.3, -0.25) is 14.4 Å². The first-order valence-electron chi connectivity index (χ1n) is 16.7. The Morgan fingerprint density at radius 2 is 1.43 bits per heavy atom. The second-order valence-corrected chi connectivity index (χ2v) is 12.4. The number of carbonyl (C=O) groups excluding carboxylic acids is 3. The Hall–Kier alpha value is -5.47. The van der Waals surface area contributed by atoms with Crippen molar-refractivity contribution >= 4 is 17.8 Å². The minimum absolute atomic E-state index is 0.111. The molecule has 15 heteroatoms. The lowest BCUT2D eigenvalue weighted by molar-refractivity contribution is -0.215. The Morgan fingerprint density at radius 3 is 2.06 bits per heavy atom. The topological polar surface area (TPSA) is 93.7 Å². The fourth-order valence-corrected chi connectivity index (χ4v) is 5.60. The van der Waals surface area contributed by atoms with Gasteiger partial charge >= 0.3 is 18.3 Å². The van der Waals surface area contributed by atoms with Gasteiger partial charge in [0.15, 0.2) is 0 Å². The maximum absolute atomic E-state index is 15.3. The number of hydrogen-bond acceptors (Lipinski definition) is 5. The second kappa shape index (κ2) is 17.6. The first-order valence-corrected chi connectivity index (χ1v) is 16.7. The van der Waals surface area contributed by atoms with Crippen molar-refractivity contribution in [2.45, 2.75) is 63.0 Å². The highest BCUT2D eigenvalue weighted by atomic mass is 19.4. The summed E-state index contributed by atoms with van der Waals surface area (Å²) in [5, 5.41) is 5.37. The molecular formula is C39H36F8N2O5. The zero-order valence-corrected chi connectivity index (χ0v) is 29.0. The van der Waals surface area contributed by atoms with E-state index in [4.69, 9.17) is 0 Å². The van der Waals surface area contributed by atoms with Crippen LogP contribution in [0.4, 0.5) is 35.1 Å². The van der Waals surface area contributed by atoms with Crippen molar-refractivity contribution in [1.29, 1.82) is 0 Å². The summed E-state index contributed by atoms with van der Waals surface area (Å²) < 4.78 is 122. The Kier molecular flexibility index (Phi) is 13.4. The van der Waals surface area contributed by atoms with Gasteiger partial charge in [0.1, 0.15) is 17.4 Å². The van der Waals surface area contributed by atoms with Gasteiger partial charge < -0.3 is 20.1 Å². The van der Waals surface area contributed by atoms with E-state index in [1.165, 1.54) is 31.4 Å². The quantitative estimate of drug-likeness (QED) is 0.0677. The van der Waals surface area contributed by atoms with E-state index in [1.54, 1.807) is 30.3 Å². The maximum atomic E-state index is 15.3. The molecule has 0 radical (unpaired) electrons. The van der Waals surface area contributed by atoms with Gasteiger partial charge in [-0.25, -0.2) is 13.2 Å². The lowest BCUT2D eigenvalue weighted by Crippen LogP contribution is -2.49. The molecule has 2 atom stereocenters. The van der Waals surface area contributed by atoms with Gasteiger partial charge in [-0.1, -0.05) is 48.9 Å². The van der Waals surface area contributed by atoms with Crippen molar-refractivity contribution in [2.75, 3.05) is 13.7 Å². The van der Waals surface area contributed by atoms with Gasteiger partial charge in [-0.05, 0) is 78.9 Å².